The van der Waals surface area contributed by atoms with Crippen LogP contribution < -0.4 is 5.56 Å². The summed E-state index contributed by atoms with van der Waals surface area (Å²) in [5, 5.41) is 0. The topological polar surface area (TPSA) is 64.3 Å². The predicted octanol–water partition coefficient (Wildman–Crippen LogP) is 2.15. The SMILES string of the molecule is CN(C)Cc1cc(-c2cccn(C)c2=O)n(S(=O)(=O)c2ccccc2)c1. The van der Waals surface area contributed by atoms with Crippen LogP contribution in [-0.2, 0) is 23.6 Å². The summed E-state index contributed by atoms with van der Waals surface area (Å²) in [7, 11) is 1.65. The Bertz CT molecular complexity index is 1080. The summed E-state index contributed by atoms with van der Waals surface area (Å²) in [5.41, 5.74) is 1.29. The zero-order chi connectivity index (χ0) is 18.9. The average molecular weight is 371 g/mol. The van der Waals surface area contributed by atoms with Gasteiger partial charge in [0.1, 0.15) is 0 Å². The first kappa shape index (κ1) is 18.2. The van der Waals surface area contributed by atoms with E-state index < -0.39 is 10.0 Å². The van der Waals surface area contributed by atoms with E-state index in [0.29, 0.717) is 17.8 Å². The van der Waals surface area contributed by atoms with Crippen LogP contribution in [0.25, 0.3) is 11.3 Å². The van der Waals surface area contributed by atoms with E-state index in [1.165, 1.54) is 8.54 Å². The maximum absolute atomic E-state index is 13.2. The maximum Gasteiger partial charge on any atom is 0.268 e. The number of pyridine rings is 1. The van der Waals surface area contributed by atoms with Crippen LogP contribution in [0.4, 0.5) is 0 Å². The number of nitrogens with zero attached hydrogens (tertiary/aromatic N) is 3. The number of rotatable bonds is 5. The first-order chi connectivity index (χ1) is 12.3. The van der Waals surface area contributed by atoms with Gasteiger partial charge in [0.25, 0.3) is 15.6 Å². The molecule has 0 radical (unpaired) electrons. The Kier molecular flexibility index (Phi) is 4.84. The van der Waals surface area contributed by atoms with Crippen LogP contribution in [0.1, 0.15) is 5.56 Å². The van der Waals surface area contributed by atoms with Gasteiger partial charge in [-0.15, -0.1) is 0 Å². The van der Waals surface area contributed by atoms with Gasteiger partial charge in [0.2, 0.25) is 0 Å². The summed E-state index contributed by atoms with van der Waals surface area (Å²) < 4.78 is 29.0. The highest BCUT2D eigenvalue weighted by molar-refractivity contribution is 7.90. The highest BCUT2D eigenvalue weighted by atomic mass is 32.2. The van der Waals surface area contributed by atoms with Crippen molar-refractivity contribution >= 4 is 10.0 Å². The molecule has 0 aliphatic rings. The second-order valence-electron chi connectivity index (χ2n) is 6.42. The zero-order valence-electron chi connectivity index (χ0n) is 15.0. The van der Waals surface area contributed by atoms with Gasteiger partial charge in [-0.25, -0.2) is 12.4 Å². The number of aromatic nitrogens is 2. The zero-order valence-corrected chi connectivity index (χ0v) is 15.8. The largest absolute Gasteiger partial charge is 0.318 e. The molecule has 2 aromatic heterocycles. The van der Waals surface area contributed by atoms with E-state index in [9.17, 15) is 13.2 Å². The number of hydrogen-bond donors (Lipinski definition) is 0. The minimum atomic E-state index is -3.81. The molecule has 0 aliphatic carbocycles. The van der Waals surface area contributed by atoms with Crippen LogP contribution in [0.15, 0.2) is 70.6 Å². The molecule has 3 rings (SSSR count). The summed E-state index contributed by atoms with van der Waals surface area (Å²) in [4.78, 5) is 14.7. The smallest absolute Gasteiger partial charge is 0.268 e. The highest BCUT2D eigenvalue weighted by Crippen LogP contribution is 2.25. The van der Waals surface area contributed by atoms with Crippen molar-refractivity contribution in [3.63, 3.8) is 0 Å². The maximum atomic E-state index is 13.2. The van der Waals surface area contributed by atoms with Gasteiger partial charge in [-0.1, -0.05) is 18.2 Å². The van der Waals surface area contributed by atoms with Gasteiger partial charge in [-0.2, -0.15) is 0 Å². The molecule has 6 nitrogen and oxygen atoms in total. The fourth-order valence-corrected chi connectivity index (χ4v) is 4.25. The number of aryl methyl sites for hydroxylation is 1. The molecule has 26 heavy (non-hydrogen) atoms. The summed E-state index contributed by atoms with van der Waals surface area (Å²) in [5.74, 6) is 0. The summed E-state index contributed by atoms with van der Waals surface area (Å²) in [6, 6.07) is 13.4. The lowest BCUT2D eigenvalue weighted by Gasteiger charge is -2.11. The van der Waals surface area contributed by atoms with Crippen LogP contribution in [-0.4, -0.2) is 36.0 Å². The van der Waals surface area contributed by atoms with E-state index in [4.69, 9.17) is 0 Å². The van der Waals surface area contributed by atoms with E-state index in [2.05, 4.69) is 0 Å². The Morgan fingerprint density at radius 3 is 2.38 bits per heavy atom. The first-order valence-electron chi connectivity index (χ1n) is 8.13. The standard InChI is InChI=1S/C19H21N3O3S/c1-20(2)13-15-12-18(17-10-7-11-21(3)19(17)23)22(14-15)26(24,25)16-8-5-4-6-9-16/h4-12,14H,13H2,1-3H3. The predicted molar refractivity (Wildman–Crippen MR) is 102 cm³/mol. The Balaban J connectivity index is 2.26. The third kappa shape index (κ3) is 3.36. The molecular formula is C19H21N3O3S. The van der Waals surface area contributed by atoms with Crippen molar-refractivity contribution in [1.82, 2.24) is 13.4 Å². The second-order valence-corrected chi connectivity index (χ2v) is 8.24. The minimum absolute atomic E-state index is 0.181. The van der Waals surface area contributed by atoms with E-state index in [-0.39, 0.29) is 10.5 Å². The van der Waals surface area contributed by atoms with E-state index in [0.717, 1.165) is 5.56 Å². The Morgan fingerprint density at radius 1 is 1.04 bits per heavy atom. The summed E-state index contributed by atoms with van der Waals surface area (Å²) >= 11 is 0. The summed E-state index contributed by atoms with van der Waals surface area (Å²) in [6.45, 7) is 0.567. The van der Waals surface area contributed by atoms with Crippen molar-refractivity contribution in [2.24, 2.45) is 7.05 Å². The van der Waals surface area contributed by atoms with Gasteiger partial charge < -0.3 is 9.47 Å². The lowest BCUT2D eigenvalue weighted by atomic mass is 10.2. The molecule has 7 heteroatoms. The molecule has 0 bridgehead atoms. The molecule has 0 amide bonds. The van der Waals surface area contributed by atoms with Crippen molar-refractivity contribution < 1.29 is 8.42 Å². The molecule has 0 aliphatic heterocycles. The highest BCUT2D eigenvalue weighted by Gasteiger charge is 2.23. The Morgan fingerprint density at radius 2 is 1.73 bits per heavy atom. The fourth-order valence-electron chi connectivity index (χ4n) is 2.84. The molecule has 0 unspecified atom stereocenters. The van der Waals surface area contributed by atoms with Crippen molar-refractivity contribution in [2.45, 2.75) is 11.4 Å². The third-order valence-corrected chi connectivity index (χ3v) is 5.73. The minimum Gasteiger partial charge on any atom is -0.318 e. The van der Waals surface area contributed by atoms with Crippen molar-refractivity contribution in [3.05, 3.63) is 76.8 Å². The molecule has 1 aromatic carbocycles. The van der Waals surface area contributed by atoms with Gasteiger partial charge in [0, 0.05) is 26.0 Å². The van der Waals surface area contributed by atoms with Crippen molar-refractivity contribution in [1.29, 1.82) is 0 Å². The van der Waals surface area contributed by atoms with Crippen LogP contribution in [0.5, 0.6) is 0 Å². The quantitative estimate of drug-likeness (QED) is 0.689. The monoisotopic (exact) mass is 371 g/mol. The molecule has 2 heterocycles. The molecule has 0 saturated heterocycles. The number of hydrogen-bond acceptors (Lipinski definition) is 4. The van der Waals surface area contributed by atoms with Crippen LogP contribution in [0.2, 0.25) is 0 Å². The van der Waals surface area contributed by atoms with Gasteiger partial charge in [-0.05, 0) is 50.0 Å². The first-order valence-corrected chi connectivity index (χ1v) is 9.57. The van der Waals surface area contributed by atoms with Gasteiger partial charge in [0.15, 0.2) is 0 Å². The van der Waals surface area contributed by atoms with Gasteiger partial charge >= 0.3 is 0 Å². The van der Waals surface area contributed by atoms with Crippen molar-refractivity contribution in [3.8, 4) is 11.3 Å². The summed E-state index contributed by atoms with van der Waals surface area (Å²) in [6.07, 6.45) is 3.23. The molecule has 0 spiro atoms. The van der Waals surface area contributed by atoms with E-state index in [1.807, 2.05) is 19.0 Å². The lowest BCUT2D eigenvalue weighted by molar-refractivity contribution is 0.402. The van der Waals surface area contributed by atoms with Gasteiger partial charge in [0.05, 0.1) is 16.2 Å². The molecule has 0 fully saturated rings. The third-order valence-electron chi connectivity index (χ3n) is 4.04. The Hall–Kier alpha value is -2.64. The normalized spacial score (nSPS) is 11.8. The molecular weight excluding hydrogens is 350 g/mol. The van der Waals surface area contributed by atoms with Crippen LogP contribution in [0.3, 0.4) is 0 Å². The molecule has 0 N–H and O–H groups in total. The molecule has 136 valence electrons. The molecule has 0 atom stereocenters. The van der Waals surface area contributed by atoms with Crippen LogP contribution >= 0.6 is 0 Å². The van der Waals surface area contributed by atoms with E-state index >= 15 is 0 Å². The van der Waals surface area contributed by atoms with Gasteiger partial charge in [-0.3, -0.25) is 4.79 Å². The second kappa shape index (κ2) is 6.93. The van der Waals surface area contributed by atoms with Crippen molar-refractivity contribution in [2.75, 3.05) is 14.1 Å². The Labute approximate surface area is 153 Å². The molecule has 3 aromatic rings. The fraction of sp³-hybridized carbons (Fsp3) is 0.211. The average Bonchev–Trinajstić information content (AvgIpc) is 3.02. The molecule has 0 saturated carbocycles. The number of benzene rings is 1. The van der Waals surface area contributed by atoms with Crippen LogP contribution in [0, 0.1) is 0 Å². The van der Waals surface area contributed by atoms with E-state index in [1.54, 1.807) is 68.0 Å². The lowest BCUT2D eigenvalue weighted by Crippen LogP contribution is -2.20.